The number of aromatic amines is 1. The second-order valence-corrected chi connectivity index (χ2v) is 6.46. The molecule has 22 heavy (non-hydrogen) atoms. The molecule has 0 saturated heterocycles. The van der Waals surface area contributed by atoms with Gasteiger partial charge in [0.25, 0.3) is 0 Å². The van der Waals surface area contributed by atoms with Crippen molar-refractivity contribution in [2.24, 2.45) is 0 Å². The van der Waals surface area contributed by atoms with Gasteiger partial charge >= 0.3 is 5.97 Å². The van der Waals surface area contributed by atoms with Gasteiger partial charge < -0.3 is 14.8 Å². The van der Waals surface area contributed by atoms with Gasteiger partial charge in [0.1, 0.15) is 5.60 Å². The van der Waals surface area contributed by atoms with Gasteiger partial charge in [-0.05, 0) is 30.5 Å². The number of aromatic nitrogens is 1. The van der Waals surface area contributed by atoms with Gasteiger partial charge in [0.2, 0.25) is 0 Å². The van der Waals surface area contributed by atoms with E-state index in [9.17, 15) is 9.90 Å². The summed E-state index contributed by atoms with van der Waals surface area (Å²) in [5.41, 5.74) is 1.92. The number of benzene rings is 1. The molecule has 1 aromatic heterocycles. The summed E-state index contributed by atoms with van der Waals surface area (Å²) in [4.78, 5) is 14.7. The van der Waals surface area contributed by atoms with Gasteiger partial charge in [-0.1, -0.05) is 36.5 Å². The lowest BCUT2D eigenvalue weighted by atomic mass is 9.85. The van der Waals surface area contributed by atoms with Crippen molar-refractivity contribution >= 4 is 40.1 Å². The first-order chi connectivity index (χ1) is 10.5. The van der Waals surface area contributed by atoms with Crippen molar-refractivity contribution in [2.45, 2.75) is 38.2 Å². The summed E-state index contributed by atoms with van der Waals surface area (Å²) in [6, 6.07) is 3.62. The third-order valence-electron chi connectivity index (χ3n) is 4.23. The van der Waals surface area contributed by atoms with Crippen LogP contribution in [-0.2, 0) is 21.6 Å². The quantitative estimate of drug-likeness (QED) is 0.859. The fourth-order valence-corrected chi connectivity index (χ4v) is 3.85. The number of hydrogen-bond donors (Lipinski definition) is 2. The van der Waals surface area contributed by atoms with E-state index in [0.717, 1.165) is 28.6 Å². The molecule has 118 valence electrons. The third kappa shape index (κ3) is 2.39. The molecule has 0 aliphatic carbocycles. The van der Waals surface area contributed by atoms with Crippen LogP contribution >= 0.6 is 23.2 Å². The lowest BCUT2D eigenvalue weighted by molar-refractivity contribution is -0.149. The van der Waals surface area contributed by atoms with Crippen LogP contribution in [0.15, 0.2) is 12.1 Å². The van der Waals surface area contributed by atoms with Crippen molar-refractivity contribution in [2.75, 3.05) is 6.61 Å². The van der Waals surface area contributed by atoms with E-state index in [2.05, 4.69) is 4.98 Å². The molecule has 0 saturated carbocycles. The molecule has 0 spiro atoms. The normalized spacial score (nSPS) is 21.0. The number of fused-ring (bicyclic) bond motifs is 3. The van der Waals surface area contributed by atoms with E-state index in [1.165, 1.54) is 0 Å². The average molecular weight is 342 g/mol. The van der Waals surface area contributed by atoms with Gasteiger partial charge in [-0.15, -0.1) is 0 Å². The van der Waals surface area contributed by atoms with E-state index < -0.39 is 11.6 Å². The van der Waals surface area contributed by atoms with Crippen LogP contribution in [0.1, 0.15) is 37.4 Å². The highest BCUT2D eigenvalue weighted by Crippen LogP contribution is 2.45. The molecule has 2 N–H and O–H groups in total. The molecule has 3 rings (SSSR count). The van der Waals surface area contributed by atoms with Crippen molar-refractivity contribution in [3.05, 3.63) is 33.4 Å². The molecule has 1 aliphatic heterocycles. The molecule has 0 bridgehead atoms. The second-order valence-electron chi connectivity index (χ2n) is 5.68. The third-order valence-corrected chi connectivity index (χ3v) is 5.04. The van der Waals surface area contributed by atoms with Crippen LogP contribution < -0.4 is 0 Å². The Bertz CT molecular complexity index is 741. The van der Waals surface area contributed by atoms with Crippen LogP contribution in [0.4, 0.5) is 0 Å². The van der Waals surface area contributed by atoms with Gasteiger partial charge in [0, 0.05) is 10.9 Å². The van der Waals surface area contributed by atoms with E-state index >= 15 is 0 Å². The maximum absolute atomic E-state index is 11.4. The molecule has 4 nitrogen and oxygen atoms in total. The molecule has 0 fully saturated rings. The van der Waals surface area contributed by atoms with Crippen molar-refractivity contribution < 1.29 is 14.6 Å². The Balaban J connectivity index is 2.25. The number of carbonyl (C=O) groups is 1. The summed E-state index contributed by atoms with van der Waals surface area (Å²) in [7, 11) is 0. The predicted molar refractivity (Wildman–Crippen MR) is 86.8 cm³/mol. The number of hydrogen-bond acceptors (Lipinski definition) is 2. The highest BCUT2D eigenvalue weighted by atomic mass is 35.5. The molecule has 6 heteroatoms. The second kappa shape index (κ2) is 5.76. The zero-order chi connectivity index (χ0) is 15.9. The van der Waals surface area contributed by atoms with Gasteiger partial charge in [0.15, 0.2) is 0 Å². The number of H-pyrrole nitrogens is 1. The number of halogens is 2. The van der Waals surface area contributed by atoms with Crippen molar-refractivity contribution in [3.8, 4) is 0 Å². The molecule has 1 atom stereocenters. The van der Waals surface area contributed by atoms with E-state index in [4.69, 9.17) is 27.9 Å². The summed E-state index contributed by atoms with van der Waals surface area (Å²) in [5, 5.41) is 11.2. The fraction of sp³-hybridized carbons (Fsp3) is 0.438. The number of carboxylic acid groups (broad SMARTS) is 1. The Kier molecular flexibility index (Phi) is 4.10. The van der Waals surface area contributed by atoms with E-state index in [0.29, 0.717) is 29.5 Å². The number of aliphatic carboxylic acids is 1. The summed E-state index contributed by atoms with van der Waals surface area (Å²) in [6.07, 6.45) is 2.10. The number of carboxylic acids is 1. The molecule has 1 unspecified atom stereocenters. The molecule has 0 amide bonds. The van der Waals surface area contributed by atoms with Crippen LogP contribution in [0.2, 0.25) is 10.0 Å². The minimum atomic E-state index is -0.871. The monoisotopic (exact) mass is 341 g/mol. The predicted octanol–water partition coefficient (Wildman–Crippen LogP) is 4.52. The first-order valence-electron chi connectivity index (χ1n) is 7.33. The maximum Gasteiger partial charge on any atom is 0.306 e. The summed E-state index contributed by atoms with van der Waals surface area (Å²) in [6.45, 7) is 2.50. The van der Waals surface area contributed by atoms with Crippen LogP contribution in [0, 0.1) is 0 Å². The SMILES string of the molecule is CCCC1(CC(=O)O)OCCc2c1[nH]c1ccc(Cl)c(Cl)c21. The highest BCUT2D eigenvalue weighted by molar-refractivity contribution is 6.45. The molecular formula is C16H17Cl2NO3. The van der Waals surface area contributed by atoms with Gasteiger partial charge in [-0.25, -0.2) is 0 Å². The van der Waals surface area contributed by atoms with Crippen molar-refractivity contribution in [3.63, 3.8) is 0 Å². The van der Waals surface area contributed by atoms with Crippen molar-refractivity contribution in [1.29, 1.82) is 0 Å². The highest BCUT2D eigenvalue weighted by Gasteiger charge is 2.41. The van der Waals surface area contributed by atoms with Crippen LogP contribution in [0.5, 0.6) is 0 Å². The van der Waals surface area contributed by atoms with E-state index in [1.54, 1.807) is 6.07 Å². The molecule has 1 aliphatic rings. The Morgan fingerprint density at radius 2 is 2.23 bits per heavy atom. The summed E-state index contributed by atoms with van der Waals surface area (Å²) >= 11 is 12.5. The van der Waals surface area contributed by atoms with Crippen molar-refractivity contribution in [1.82, 2.24) is 4.98 Å². The van der Waals surface area contributed by atoms with E-state index in [-0.39, 0.29) is 6.42 Å². The average Bonchev–Trinajstić information content (AvgIpc) is 2.83. The zero-order valence-electron chi connectivity index (χ0n) is 12.2. The van der Waals surface area contributed by atoms with Gasteiger partial charge in [0.05, 0.1) is 28.8 Å². The van der Waals surface area contributed by atoms with E-state index in [1.807, 2.05) is 13.0 Å². The Labute approximate surface area is 138 Å². The smallest absolute Gasteiger partial charge is 0.306 e. The fourth-order valence-electron chi connectivity index (χ4n) is 3.42. The van der Waals surface area contributed by atoms with Gasteiger partial charge in [-0.2, -0.15) is 0 Å². The zero-order valence-corrected chi connectivity index (χ0v) is 13.7. The summed E-state index contributed by atoms with van der Waals surface area (Å²) in [5.74, 6) is -0.871. The molecular weight excluding hydrogens is 325 g/mol. The van der Waals surface area contributed by atoms with Gasteiger partial charge in [-0.3, -0.25) is 4.79 Å². The number of nitrogens with one attached hydrogen (secondary N) is 1. The molecule has 1 aromatic carbocycles. The van der Waals surface area contributed by atoms with Crippen LogP contribution in [-0.4, -0.2) is 22.7 Å². The maximum atomic E-state index is 11.4. The largest absolute Gasteiger partial charge is 0.481 e. The molecule has 0 radical (unpaired) electrons. The Hall–Kier alpha value is -1.23. The van der Waals surface area contributed by atoms with Crippen LogP contribution in [0.3, 0.4) is 0 Å². The topological polar surface area (TPSA) is 62.3 Å². The Morgan fingerprint density at radius 3 is 2.91 bits per heavy atom. The number of rotatable bonds is 4. The lowest BCUT2D eigenvalue weighted by Crippen LogP contribution is -2.37. The van der Waals surface area contributed by atoms with Crippen LogP contribution in [0.25, 0.3) is 10.9 Å². The first-order valence-corrected chi connectivity index (χ1v) is 8.09. The standard InChI is InChI=1S/C16H17Cl2NO3/c1-2-6-16(8-12(20)21)15-9(5-7-22-16)13-11(19-15)4-3-10(17)14(13)18/h3-4,19H,2,5-8H2,1H3,(H,20,21). The lowest BCUT2D eigenvalue weighted by Gasteiger charge is -2.36. The first kappa shape index (κ1) is 15.7. The minimum Gasteiger partial charge on any atom is -0.481 e. The summed E-state index contributed by atoms with van der Waals surface area (Å²) < 4.78 is 5.95. The number of ether oxygens (including phenoxy) is 1. The molecule has 2 aromatic rings. The molecule has 2 heterocycles. The Morgan fingerprint density at radius 1 is 1.45 bits per heavy atom. The minimum absolute atomic E-state index is 0.0635.